The van der Waals surface area contributed by atoms with E-state index in [1.807, 2.05) is 27.7 Å². The first kappa shape index (κ1) is 18.7. The molecule has 0 bridgehead atoms. The van der Waals surface area contributed by atoms with E-state index in [2.05, 4.69) is 5.32 Å². The zero-order chi connectivity index (χ0) is 17.5. The number of hydrogen-bond donors (Lipinski definition) is 1. The summed E-state index contributed by atoms with van der Waals surface area (Å²) in [4.78, 5) is 36.1. The number of likely N-dealkylation sites (N-methyl/N-ethyl adjacent to an activating group) is 1. The van der Waals surface area contributed by atoms with Crippen molar-refractivity contribution < 1.29 is 19.1 Å². The molecule has 0 aliphatic carbocycles. The minimum absolute atomic E-state index is 0.248. The Kier molecular flexibility index (Phi) is 6.75. The van der Waals surface area contributed by atoms with E-state index in [9.17, 15) is 14.4 Å². The van der Waals surface area contributed by atoms with Crippen LogP contribution in [0.3, 0.4) is 0 Å². The molecule has 0 radical (unpaired) electrons. The Bertz CT molecular complexity index is 547. The summed E-state index contributed by atoms with van der Waals surface area (Å²) in [5.74, 6) is -0.248. The third-order valence-electron chi connectivity index (χ3n) is 3.01. The summed E-state index contributed by atoms with van der Waals surface area (Å²) in [6, 6.07) is 6.34. The lowest BCUT2D eigenvalue weighted by Gasteiger charge is -2.26. The van der Waals surface area contributed by atoms with Gasteiger partial charge in [0.1, 0.15) is 11.9 Å². The molecule has 0 saturated heterocycles. The topological polar surface area (TPSA) is 75.7 Å². The molecule has 0 spiro atoms. The lowest BCUT2D eigenvalue weighted by atomic mass is 10.1. The summed E-state index contributed by atoms with van der Waals surface area (Å²) in [6.07, 6.45) is 0.325. The summed E-state index contributed by atoms with van der Waals surface area (Å²) in [7, 11) is 0. The molecule has 0 heterocycles. The molecular weight excluding hydrogens is 296 g/mol. The van der Waals surface area contributed by atoms with Gasteiger partial charge < -0.3 is 15.0 Å². The van der Waals surface area contributed by atoms with Gasteiger partial charge in [-0.25, -0.2) is 4.79 Å². The van der Waals surface area contributed by atoms with Crippen LogP contribution in [-0.2, 0) is 4.74 Å². The molecule has 0 fully saturated rings. The molecule has 0 atom stereocenters. The second-order valence-corrected chi connectivity index (χ2v) is 6.06. The van der Waals surface area contributed by atoms with E-state index in [1.165, 1.54) is 4.90 Å². The van der Waals surface area contributed by atoms with Crippen LogP contribution in [0.4, 0.5) is 4.79 Å². The molecule has 1 N–H and O–H groups in total. The maximum absolute atomic E-state index is 12.0. The Morgan fingerprint density at radius 2 is 1.83 bits per heavy atom. The van der Waals surface area contributed by atoms with Gasteiger partial charge in [0.15, 0.2) is 0 Å². The fourth-order valence-electron chi connectivity index (χ4n) is 1.82. The lowest BCUT2D eigenvalue weighted by molar-refractivity contribution is 0.0260. The molecule has 0 aromatic heterocycles. The van der Waals surface area contributed by atoms with E-state index in [-0.39, 0.29) is 5.91 Å². The monoisotopic (exact) mass is 320 g/mol. The standard InChI is InChI=1S/C17H24N2O4/c1-5-19(16(22)23-17(2,3)4)11-10-18-15(21)14-8-6-13(12-20)7-9-14/h6-9,12H,5,10-11H2,1-4H3,(H,18,21). The number of rotatable bonds is 6. The summed E-state index contributed by atoms with van der Waals surface area (Å²) in [6.45, 7) is 8.46. The highest BCUT2D eigenvalue weighted by Crippen LogP contribution is 2.09. The summed E-state index contributed by atoms with van der Waals surface area (Å²) >= 11 is 0. The van der Waals surface area contributed by atoms with E-state index in [0.717, 1.165) is 6.29 Å². The van der Waals surface area contributed by atoms with Crippen LogP contribution in [0.25, 0.3) is 0 Å². The number of nitrogens with one attached hydrogen (secondary N) is 1. The van der Waals surface area contributed by atoms with Gasteiger partial charge in [0, 0.05) is 30.8 Å². The molecule has 0 saturated carbocycles. The van der Waals surface area contributed by atoms with Crippen molar-refractivity contribution in [1.82, 2.24) is 10.2 Å². The van der Waals surface area contributed by atoms with Gasteiger partial charge in [-0.1, -0.05) is 12.1 Å². The molecular formula is C17H24N2O4. The van der Waals surface area contributed by atoms with Crippen LogP contribution in [0.15, 0.2) is 24.3 Å². The second-order valence-electron chi connectivity index (χ2n) is 6.06. The van der Waals surface area contributed by atoms with Crippen molar-refractivity contribution >= 4 is 18.3 Å². The van der Waals surface area contributed by atoms with E-state index in [1.54, 1.807) is 24.3 Å². The molecule has 0 unspecified atom stereocenters. The van der Waals surface area contributed by atoms with Gasteiger partial charge >= 0.3 is 6.09 Å². The highest BCUT2D eigenvalue weighted by atomic mass is 16.6. The quantitative estimate of drug-likeness (QED) is 0.817. The second kappa shape index (κ2) is 8.31. The molecule has 1 rings (SSSR count). The van der Waals surface area contributed by atoms with Crippen molar-refractivity contribution in [2.24, 2.45) is 0 Å². The molecule has 23 heavy (non-hydrogen) atoms. The number of ether oxygens (including phenoxy) is 1. The first-order chi connectivity index (χ1) is 10.8. The fourth-order valence-corrected chi connectivity index (χ4v) is 1.82. The highest BCUT2D eigenvalue weighted by Gasteiger charge is 2.20. The third kappa shape index (κ3) is 6.50. The van der Waals surface area contributed by atoms with Crippen molar-refractivity contribution in [3.05, 3.63) is 35.4 Å². The van der Waals surface area contributed by atoms with E-state index >= 15 is 0 Å². The number of amides is 2. The average Bonchev–Trinajstić information content (AvgIpc) is 2.49. The number of carbonyl (C=O) groups is 3. The Morgan fingerprint density at radius 1 is 1.22 bits per heavy atom. The van der Waals surface area contributed by atoms with E-state index in [0.29, 0.717) is 30.8 Å². The van der Waals surface area contributed by atoms with Gasteiger partial charge in [0.2, 0.25) is 0 Å². The van der Waals surface area contributed by atoms with Crippen LogP contribution < -0.4 is 5.32 Å². The zero-order valence-electron chi connectivity index (χ0n) is 14.1. The van der Waals surface area contributed by atoms with E-state index < -0.39 is 11.7 Å². The predicted molar refractivity (Wildman–Crippen MR) is 87.6 cm³/mol. The smallest absolute Gasteiger partial charge is 0.410 e. The molecule has 1 aromatic rings. The molecule has 6 nitrogen and oxygen atoms in total. The third-order valence-corrected chi connectivity index (χ3v) is 3.01. The molecule has 2 amide bonds. The van der Waals surface area contributed by atoms with Crippen LogP contribution >= 0.6 is 0 Å². The summed E-state index contributed by atoms with van der Waals surface area (Å²) in [5, 5.41) is 2.74. The Morgan fingerprint density at radius 3 is 2.30 bits per heavy atom. The largest absolute Gasteiger partial charge is 0.444 e. The van der Waals surface area contributed by atoms with Crippen LogP contribution in [0, 0.1) is 0 Å². The SMILES string of the molecule is CCN(CCNC(=O)c1ccc(C=O)cc1)C(=O)OC(C)(C)C. The number of hydrogen-bond acceptors (Lipinski definition) is 4. The summed E-state index contributed by atoms with van der Waals surface area (Å²) < 4.78 is 5.30. The Labute approximate surface area is 136 Å². The van der Waals surface area contributed by atoms with Gasteiger partial charge in [-0.15, -0.1) is 0 Å². The highest BCUT2D eigenvalue weighted by molar-refractivity contribution is 5.94. The zero-order valence-corrected chi connectivity index (χ0v) is 14.1. The minimum Gasteiger partial charge on any atom is -0.444 e. The maximum atomic E-state index is 12.0. The van der Waals surface area contributed by atoms with E-state index in [4.69, 9.17) is 4.74 Å². The molecule has 6 heteroatoms. The summed E-state index contributed by atoms with van der Waals surface area (Å²) in [5.41, 5.74) is 0.438. The predicted octanol–water partition coefficient (Wildman–Crippen LogP) is 2.49. The van der Waals surface area contributed by atoms with Gasteiger partial charge in [-0.2, -0.15) is 0 Å². The van der Waals surface area contributed by atoms with Gasteiger partial charge in [0.25, 0.3) is 5.91 Å². The van der Waals surface area contributed by atoms with Crippen LogP contribution in [0.2, 0.25) is 0 Å². The van der Waals surface area contributed by atoms with Crippen LogP contribution in [-0.4, -0.2) is 48.4 Å². The molecule has 1 aromatic carbocycles. The average molecular weight is 320 g/mol. The molecule has 0 aliphatic heterocycles. The normalized spacial score (nSPS) is 10.8. The van der Waals surface area contributed by atoms with Crippen molar-refractivity contribution in [3.63, 3.8) is 0 Å². The molecule has 126 valence electrons. The van der Waals surface area contributed by atoms with Crippen molar-refractivity contribution in [2.75, 3.05) is 19.6 Å². The number of carbonyl (C=O) groups excluding carboxylic acids is 3. The minimum atomic E-state index is -0.548. The fraction of sp³-hybridized carbons (Fsp3) is 0.471. The van der Waals surface area contributed by atoms with Crippen molar-refractivity contribution in [2.45, 2.75) is 33.3 Å². The number of benzene rings is 1. The van der Waals surface area contributed by atoms with Crippen molar-refractivity contribution in [1.29, 1.82) is 0 Å². The number of aldehydes is 1. The van der Waals surface area contributed by atoms with Gasteiger partial charge in [0.05, 0.1) is 0 Å². The van der Waals surface area contributed by atoms with Crippen LogP contribution in [0.5, 0.6) is 0 Å². The number of nitrogens with zero attached hydrogens (tertiary/aromatic N) is 1. The van der Waals surface area contributed by atoms with Crippen molar-refractivity contribution in [3.8, 4) is 0 Å². The Hall–Kier alpha value is -2.37. The molecule has 0 aliphatic rings. The maximum Gasteiger partial charge on any atom is 0.410 e. The van der Waals surface area contributed by atoms with Gasteiger partial charge in [-0.05, 0) is 39.8 Å². The lowest BCUT2D eigenvalue weighted by Crippen LogP contribution is -2.41. The van der Waals surface area contributed by atoms with Crippen LogP contribution in [0.1, 0.15) is 48.4 Å². The first-order valence-electron chi connectivity index (χ1n) is 7.58. The Balaban J connectivity index is 2.48. The van der Waals surface area contributed by atoms with Gasteiger partial charge in [-0.3, -0.25) is 9.59 Å². The first-order valence-corrected chi connectivity index (χ1v) is 7.58.